The summed E-state index contributed by atoms with van der Waals surface area (Å²) in [5.41, 5.74) is -1.31. The number of epoxide rings is 1. The molecule has 0 bridgehead atoms. The van der Waals surface area contributed by atoms with Gasteiger partial charge in [-0.25, -0.2) is 4.79 Å². The maximum atomic E-state index is 12.2. The fraction of sp³-hybridized carbons (Fsp3) is 0.846. The van der Waals surface area contributed by atoms with Crippen molar-refractivity contribution in [2.45, 2.75) is 58.8 Å². The van der Waals surface area contributed by atoms with Crippen LogP contribution in [-0.2, 0) is 14.3 Å². The van der Waals surface area contributed by atoms with Crippen molar-refractivity contribution in [3.63, 3.8) is 0 Å². The van der Waals surface area contributed by atoms with Crippen molar-refractivity contribution >= 4 is 11.9 Å². The number of ether oxygens (including phenoxy) is 2. The first kappa shape index (κ1) is 15.0. The van der Waals surface area contributed by atoms with Crippen molar-refractivity contribution in [2.24, 2.45) is 5.92 Å². The Labute approximate surface area is 108 Å². The van der Waals surface area contributed by atoms with Crippen molar-refractivity contribution in [3.05, 3.63) is 0 Å². The molecule has 1 rings (SSSR count). The van der Waals surface area contributed by atoms with Crippen molar-refractivity contribution in [1.29, 1.82) is 0 Å². The largest absolute Gasteiger partial charge is 0.444 e. The van der Waals surface area contributed by atoms with Crippen LogP contribution in [0.3, 0.4) is 0 Å². The lowest BCUT2D eigenvalue weighted by Crippen LogP contribution is -2.50. The van der Waals surface area contributed by atoms with Crippen LogP contribution in [0.4, 0.5) is 4.79 Å². The van der Waals surface area contributed by atoms with Gasteiger partial charge in [0.1, 0.15) is 11.2 Å². The molecule has 0 saturated carbocycles. The highest BCUT2D eigenvalue weighted by Gasteiger charge is 2.50. The van der Waals surface area contributed by atoms with E-state index >= 15 is 0 Å². The molecule has 0 aliphatic carbocycles. The number of amides is 1. The van der Waals surface area contributed by atoms with Gasteiger partial charge in [0.15, 0.2) is 5.78 Å². The molecule has 0 aromatic heterocycles. The molecule has 0 aromatic carbocycles. The zero-order valence-corrected chi connectivity index (χ0v) is 12.0. The molecule has 104 valence electrons. The molecule has 5 heteroatoms. The zero-order valence-electron chi connectivity index (χ0n) is 12.0. The molecule has 5 nitrogen and oxygen atoms in total. The second-order valence-corrected chi connectivity index (χ2v) is 6.25. The number of Topliss-reactive ketones (excluding diaryl/α,β-unsaturated/α-hetero) is 1. The summed E-state index contributed by atoms with van der Waals surface area (Å²) in [5, 5.41) is 2.63. The first-order valence-corrected chi connectivity index (χ1v) is 6.23. The van der Waals surface area contributed by atoms with E-state index in [1.54, 1.807) is 27.7 Å². The molecule has 1 aliphatic rings. The number of nitrogens with one attached hydrogen (secondary N) is 1. The van der Waals surface area contributed by atoms with Crippen LogP contribution in [0.2, 0.25) is 0 Å². The highest BCUT2D eigenvalue weighted by molar-refractivity contribution is 5.95. The average Bonchev–Trinajstić information content (AvgIpc) is 2.90. The highest BCUT2D eigenvalue weighted by Crippen LogP contribution is 2.29. The number of ketones is 1. The smallest absolute Gasteiger partial charge is 0.408 e. The van der Waals surface area contributed by atoms with Gasteiger partial charge in [0.05, 0.1) is 12.6 Å². The van der Waals surface area contributed by atoms with Gasteiger partial charge < -0.3 is 14.8 Å². The van der Waals surface area contributed by atoms with Crippen LogP contribution in [0, 0.1) is 5.92 Å². The average molecular weight is 257 g/mol. The van der Waals surface area contributed by atoms with Crippen molar-refractivity contribution in [1.82, 2.24) is 5.32 Å². The molecule has 1 fully saturated rings. The molecule has 1 N–H and O–H groups in total. The molecular weight excluding hydrogens is 234 g/mol. The Morgan fingerprint density at radius 1 is 1.33 bits per heavy atom. The SMILES string of the molecule is CC(C)[C@H](NC(=O)OC(C)(C)C)C(=O)[C@@]1(C)CO1. The monoisotopic (exact) mass is 257 g/mol. The van der Waals surface area contributed by atoms with E-state index in [9.17, 15) is 9.59 Å². The van der Waals surface area contributed by atoms with Gasteiger partial charge in [-0.15, -0.1) is 0 Å². The van der Waals surface area contributed by atoms with Crippen LogP contribution < -0.4 is 5.32 Å². The van der Waals surface area contributed by atoms with Crippen LogP contribution >= 0.6 is 0 Å². The van der Waals surface area contributed by atoms with Crippen LogP contribution in [0.15, 0.2) is 0 Å². The summed E-state index contributed by atoms with van der Waals surface area (Å²) in [6.07, 6.45) is -0.571. The first-order chi connectivity index (χ1) is 8.05. The maximum Gasteiger partial charge on any atom is 0.408 e. The third kappa shape index (κ3) is 3.98. The Morgan fingerprint density at radius 2 is 1.83 bits per heavy atom. The van der Waals surface area contributed by atoms with Crippen LogP contribution in [0.25, 0.3) is 0 Å². The summed E-state index contributed by atoms with van der Waals surface area (Å²) >= 11 is 0. The predicted octanol–water partition coefficient (Wildman–Crippen LogP) is 1.89. The third-order valence-electron chi connectivity index (χ3n) is 2.72. The minimum absolute atomic E-state index is 0.00829. The van der Waals surface area contributed by atoms with E-state index in [-0.39, 0.29) is 11.7 Å². The first-order valence-electron chi connectivity index (χ1n) is 6.23. The van der Waals surface area contributed by atoms with E-state index < -0.39 is 23.3 Å². The molecule has 0 radical (unpaired) electrons. The summed E-state index contributed by atoms with van der Waals surface area (Å²) in [6.45, 7) is 11.3. The van der Waals surface area contributed by atoms with Gasteiger partial charge >= 0.3 is 6.09 Å². The normalized spacial score (nSPS) is 24.6. The number of hydrogen-bond acceptors (Lipinski definition) is 4. The molecule has 1 saturated heterocycles. The standard InChI is InChI=1S/C13H23NO4/c1-8(2)9(10(15)13(6)7-17-13)14-11(16)18-12(3,4)5/h8-9H,7H2,1-6H3,(H,14,16)/t9-,13+/m0/s1. The minimum Gasteiger partial charge on any atom is -0.444 e. The van der Waals surface area contributed by atoms with Crippen LogP contribution in [0.1, 0.15) is 41.5 Å². The van der Waals surface area contributed by atoms with Gasteiger partial charge in [-0.1, -0.05) is 13.8 Å². The Balaban J connectivity index is 2.64. The van der Waals surface area contributed by atoms with Gasteiger partial charge in [-0.2, -0.15) is 0 Å². The summed E-state index contributed by atoms with van der Waals surface area (Å²) < 4.78 is 10.3. The number of carbonyl (C=O) groups excluding carboxylic acids is 2. The fourth-order valence-electron chi connectivity index (χ4n) is 1.55. The lowest BCUT2D eigenvalue weighted by atomic mass is 9.92. The topological polar surface area (TPSA) is 67.9 Å². The molecule has 1 aliphatic heterocycles. The highest BCUT2D eigenvalue weighted by atomic mass is 16.6. The van der Waals surface area contributed by atoms with Gasteiger partial charge in [0, 0.05) is 0 Å². The Morgan fingerprint density at radius 3 is 2.17 bits per heavy atom. The molecule has 2 atom stereocenters. The second kappa shape index (κ2) is 4.88. The number of carbonyl (C=O) groups is 2. The van der Waals surface area contributed by atoms with Crippen LogP contribution in [-0.4, -0.2) is 35.7 Å². The quantitative estimate of drug-likeness (QED) is 0.781. The molecule has 1 heterocycles. The zero-order chi connectivity index (χ0) is 14.1. The van der Waals surface area contributed by atoms with E-state index in [1.807, 2.05) is 13.8 Å². The van der Waals surface area contributed by atoms with E-state index in [0.717, 1.165) is 0 Å². The number of alkyl carbamates (subject to hydrolysis) is 1. The minimum atomic E-state index is -0.732. The van der Waals surface area contributed by atoms with E-state index in [2.05, 4.69) is 5.32 Å². The number of hydrogen-bond donors (Lipinski definition) is 1. The molecule has 0 unspecified atom stereocenters. The van der Waals surface area contributed by atoms with Gasteiger partial charge in [-0.05, 0) is 33.6 Å². The van der Waals surface area contributed by atoms with Crippen LogP contribution in [0.5, 0.6) is 0 Å². The van der Waals surface area contributed by atoms with Crippen molar-refractivity contribution in [2.75, 3.05) is 6.61 Å². The maximum absolute atomic E-state index is 12.2. The third-order valence-corrected chi connectivity index (χ3v) is 2.72. The second-order valence-electron chi connectivity index (χ2n) is 6.25. The van der Waals surface area contributed by atoms with E-state index in [4.69, 9.17) is 9.47 Å². The van der Waals surface area contributed by atoms with Crippen molar-refractivity contribution < 1.29 is 19.1 Å². The summed E-state index contributed by atoms with van der Waals surface area (Å²) in [4.78, 5) is 23.9. The van der Waals surface area contributed by atoms with Gasteiger partial charge in [-0.3, -0.25) is 4.79 Å². The summed E-state index contributed by atoms with van der Waals surface area (Å²) in [5.74, 6) is -0.102. The van der Waals surface area contributed by atoms with E-state index in [0.29, 0.717) is 6.61 Å². The Hall–Kier alpha value is -1.10. The lowest BCUT2D eigenvalue weighted by molar-refractivity contribution is -0.126. The lowest BCUT2D eigenvalue weighted by Gasteiger charge is -2.25. The van der Waals surface area contributed by atoms with E-state index in [1.165, 1.54) is 0 Å². The van der Waals surface area contributed by atoms with Gasteiger partial charge in [0.2, 0.25) is 0 Å². The van der Waals surface area contributed by atoms with Gasteiger partial charge in [0.25, 0.3) is 0 Å². The Kier molecular flexibility index (Phi) is 4.05. The summed E-state index contributed by atoms with van der Waals surface area (Å²) in [6, 6.07) is -0.577. The summed E-state index contributed by atoms with van der Waals surface area (Å²) in [7, 11) is 0. The molecule has 1 amide bonds. The molecule has 0 aromatic rings. The fourth-order valence-corrected chi connectivity index (χ4v) is 1.55. The molecule has 18 heavy (non-hydrogen) atoms. The molecular formula is C13H23NO4. The van der Waals surface area contributed by atoms with Crippen molar-refractivity contribution in [3.8, 4) is 0 Å². The molecule has 0 spiro atoms. The Bertz CT molecular complexity index is 339. The predicted molar refractivity (Wildman–Crippen MR) is 67.4 cm³/mol. The number of rotatable bonds is 4.